The van der Waals surface area contributed by atoms with Gasteiger partial charge in [0, 0.05) is 22.3 Å². The Morgan fingerprint density at radius 2 is 0.804 bits per heavy atom. The fraction of sp³-hybridized carbons (Fsp3) is 0.667. The topological polar surface area (TPSA) is 25.3 Å². The predicted molar refractivity (Wildman–Crippen MR) is 223 cm³/mol. The smallest absolute Gasteiger partial charge is 0.211 e. The summed E-state index contributed by atoms with van der Waals surface area (Å²) in [4.78, 5) is 3.07. The molecule has 51 heavy (non-hydrogen) atoms. The number of hydrogen-bond acceptors (Lipinski definition) is 0. The third-order valence-electron chi connectivity index (χ3n) is 10.1. The van der Waals surface area contributed by atoms with E-state index in [0.717, 1.165) is 91.9 Å². The standard InChI is InChI=1S/C34H48N2.2C7H15.Pd/c1-5-9-13-14-18-28-20-16-22-30(26-28)34-32(24-12-8-4)31(23-11-7-3)33(36(34)35)29-21-15-19-27(25-29)17-10-6-2;2*1-3-5-7-6-4-2;/h15-16,19-22,25-26H,5-14,17-18,23-24H2,1-4H3;2*1,3-7H2,2H3;. The summed E-state index contributed by atoms with van der Waals surface area (Å²) in [6.07, 6.45) is 30.9. The number of hydrogen-bond donors (Lipinski definition) is 0. The maximum atomic E-state index is 11.8. The molecule has 0 atom stereocenters. The molecule has 0 spiro atoms. The molecule has 0 unspecified atom stereocenters. The van der Waals surface area contributed by atoms with Gasteiger partial charge in [-0.25, -0.2) is 4.70 Å². The van der Waals surface area contributed by atoms with Gasteiger partial charge in [0.2, 0.25) is 11.4 Å². The molecular weight excluding hydrogens is 711 g/mol. The number of allylic oxidation sites excluding steroid dienone is 2. The predicted octanol–water partition coefficient (Wildman–Crippen LogP) is 16.5. The van der Waals surface area contributed by atoms with E-state index in [-0.39, 0.29) is 0 Å². The first-order valence-corrected chi connectivity index (χ1v) is 23.8. The molecule has 3 rings (SSSR count). The molecule has 1 aliphatic rings. The molecular formula is C48H78N2Pd. The van der Waals surface area contributed by atoms with Crippen LogP contribution < -0.4 is 0 Å². The molecule has 0 aliphatic carbocycles. The van der Waals surface area contributed by atoms with Gasteiger partial charge in [-0.05, 0) is 86.8 Å². The first kappa shape index (κ1) is 45.3. The minimum absolute atomic E-state index is 1.01. The zero-order chi connectivity index (χ0) is 36.9. The van der Waals surface area contributed by atoms with Crippen LogP contribution in [-0.2, 0) is 30.8 Å². The van der Waals surface area contributed by atoms with Crippen molar-refractivity contribution in [1.82, 2.24) is 0 Å². The van der Waals surface area contributed by atoms with E-state index in [1.165, 1.54) is 135 Å². The number of aryl methyl sites for hydroxylation is 2. The van der Waals surface area contributed by atoms with Gasteiger partial charge in [0.25, 0.3) is 0 Å². The molecule has 1 heterocycles. The van der Waals surface area contributed by atoms with Gasteiger partial charge in [0.1, 0.15) is 0 Å². The van der Waals surface area contributed by atoms with E-state index in [1.807, 2.05) is 0 Å². The maximum absolute atomic E-state index is 11.8. The van der Waals surface area contributed by atoms with Crippen LogP contribution in [0, 0.1) is 0 Å². The fourth-order valence-electron chi connectivity index (χ4n) is 6.98. The molecule has 0 saturated heterocycles. The van der Waals surface area contributed by atoms with Crippen molar-refractivity contribution in [3.63, 3.8) is 0 Å². The second-order valence-corrected chi connectivity index (χ2v) is 17.1. The van der Waals surface area contributed by atoms with E-state index in [0.29, 0.717) is 0 Å². The third kappa shape index (κ3) is 17.7. The summed E-state index contributed by atoms with van der Waals surface area (Å²) in [7, 11) is 0. The first-order valence-electron chi connectivity index (χ1n) is 21.6. The van der Waals surface area contributed by atoms with Gasteiger partial charge in [-0.1, -0.05) is 90.5 Å². The minimum atomic E-state index is 1.01. The van der Waals surface area contributed by atoms with E-state index in [4.69, 9.17) is 0 Å². The molecule has 0 fully saturated rings. The summed E-state index contributed by atoms with van der Waals surface area (Å²) in [6.45, 7) is 13.6. The number of nitrogens with zero attached hydrogens (tertiary/aromatic N) is 2. The van der Waals surface area contributed by atoms with E-state index in [1.54, 1.807) is 4.70 Å². The van der Waals surface area contributed by atoms with E-state index in [9.17, 15) is 5.53 Å². The average molecular weight is 790 g/mol. The van der Waals surface area contributed by atoms with E-state index < -0.39 is 0 Å². The number of unbranched alkanes of at least 4 members (excludes halogenated alkanes) is 14. The zero-order valence-corrected chi connectivity index (χ0v) is 35.8. The van der Waals surface area contributed by atoms with Crippen molar-refractivity contribution < 1.29 is 22.7 Å². The molecule has 0 radical (unpaired) electrons. The van der Waals surface area contributed by atoms with Crippen molar-refractivity contribution in [3.8, 4) is 0 Å². The summed E-state index contributed by atoms with van der Waals surface area (Å²) in [5.41, 5.74) is 21.6. The molecule has 2 aromatic carbocycles. The van der Waals surface area contributed by atoms with Crippen LogP contribution in [-0.4, -0.2) is 4.70 Å². The van der Waals surface area contributed by atoms with Crippen LogP contribution in [0.4, 0.5) is 0 Å². The molecule has 2 aromatic rings. The normalized spacial score (nSPS) is 13.0. The van der Waals surface area contributed by atoms with Crippen LogP contribution in [0.3, 0.4) is 0 Å². The number of benzene rings is 2. The Bertz CT molecular complexity index is 1260. The van der Waals surface area contributed by atoms with Gasteiger partial charge in [-0.15, -0.1) is 0 Å². The van der Waals surface area contributed by atoms with Crippen LogP contribution in [0.2, 0.25) is 9.79 Å². The zero-order valence-electron chi connectivity index (χ0n) is 34.2. The molecule has 0 saturated carbocycles. The number of rotatable bonds is 28. The van der Waals surface area contributed by atoms with Crippen molar-refractivity contribution >= 4 is 11.4 Å². The van der Waals surface area contributed by atoms with E-state index in [2.05, 4.69) is 90.1 Å². The van der Waals surface area contributed by atoms with Crippen molar-refractivity contribution in [3.05, 3.63) is 87.5 Å². The Kier molecular flexibility index (Phi) is 26.3. The molecule has 3 heteroatoms. The monoisotopic (exact) mass is 789 g/mol. The second-order valence-electron chi connectivity index (χ2n) is 14.8. The van der Waals surface area contributed by atoms with E-state index >= 15 is 0 Å². The van der Waals surface area contributed by atoms with Crippen molar-refractivity contribution in [2.45, 2.75) is 205 Å². The SMILES string of the molecule is CCCCCC[CH2][Pd][CH2]CCCCCC.CCCCCCc1cccc(C2=C(CCCC)C(CCCC)=C(c3cccc(CCCC)c3)[N+]2=[N-])c1. The van der Waals surface area contributed by atoms with Crippen molar-refractivity contribution in [1.29, 1.82) is 0 Å². The third-order valence-corrected chi connectivity index (χ3v) is 12.3. The Hall–Kier alpha value is -1.82. The molecule has 0 bridgehead atoms. The van der Waals surface area contributed by atoms with Gasteiger partial charge in [0.15, 0.2) is 0 Å². The van der Waals surface area contributed by atoms with Crippen molar-refractivity contribution in [2.24, 2.45) is 0 Å². The van der Waals surface area contributed by atoms with Gasteiger partial charge in [0.05, 0.1) is 0 Å². The average Bonchev–Trinajstić information content (AvgIpc) is 3.43. The van der Waals surface area contributed by atoms with Gasteiger partial charge < -0.3 is 5.53 Å². The molecule has 0 N–H and O–H groups in total. The largest absolute Gasteiger partial charge is 0.493 e. The fourth-order valence-corrected chi connectivity index (χ4v) is 8.92. The van der Waals surface area contributed by atoms with Crippen LogP contribution in [0.25, 0.3) is 16.9 Å². The summed E-state index contributed by atoms with van der Waals surface area (Å²) in [5.74, 6) is 0. The minimum Gasteiger partial charge on any atom is -0.493 e. The summed E-state index contributed by atoms with van der Waals surface area (Å²) >= 11 is 1.07. The Morgan fingerprint density at radius 1 is 0.431 bits per heavy atom. The van der Waals surface area contributed by atoms with Crippen LogP contribution in [0.15, 0.2) is 59.7 Å². The molecule has 290 valence electrons. The van der Waals surface area contributed by atoms with Crippen LogP contribution >= 0.6 is 0 Å². The maximum Gasteiger partial charge on any atom is 0.211 e. The summed E-state index contributed by atoms with van der Waals surface area (Å²) in [6, 6.07) is 17.8. The Balaban J connectivity index is 0.000000507. The van der Waals surface area contributed by atoms with Gasteiger partial charge in [-0.2, -0.15) is 0 Å². The first-order chi connectivity index (χ1) is 25.1. The molecule has 1 aliphatic heterocycles. The molecule has 0 amide bonds. The van der Waals surface area contributed by atoms with Crippen molar-refractivity contribution in [2.75, 3.05) is 0 Å². The molecule has 0 aromatic heterocycles. The molecule has 2 nitrogen and oxygen atoms in total. The summed E-state index contributed by atoms with van der Waals surface area (Å²) < 4.78 is 1.55. The quantitative estimate of drug-likeness (QED) is 0.0466. The summed E-state index contributed by atoms with van der Waals surface area (Å²) in [5, 5.41) is 0. The van der Waals surface area contributed by atoms with Gasteiger partial charge in [-0.3, -0.25) is 0 Å². The van der Waals surface area contributed by atoms with Gasteiger partial charge >= 0.3 is 106 Å². The van der Waals surface area contributed by atoms with Crippen LogP contribution in [0.1, 0.15) is 205 Å². The van der Waals surface area contributed by atoms with Crippen LogP contribution in [0.5, 0.6) is 0 Å². The Morgan fingerprint density at radius 3 is 1.24 bits per heavy atom. The Labute approximate surface area is 325 Å². The second kappa shape index (κ2) is 29.6.